The van der Waals surface area contributed by atoms with Crippen LogP contribution in [0.4, 0.5) is 23.1 Å². The number of hydrogen-bond donors (Lipinski definition) is 2. The van der Waals surface area contributed by atoms with E-state index >= 15 is 0 Å². The molecular weight excluding hydrogens is 470 g/mol. The van der Waals surface area contributed by atoms with Gasteiger partial charge in [-0.15, -0.1) is 0 Å². The summed E-state index contributed by atoms with van der Waals surface area (Å²) in [5.41, 5.74) is 1.93. The molecule has 2 fully saturated rings. The van der Waals surface area contributed by atoms with Crippen molar-refractivity contribution in [3.63, 3.8) is 0 Å². The lowest BCUT2D eigenvalue weighted by atomic mass is 9.93. The first-order valence-electron chi connectivity index (χ1n) is 13.2. The van der Waals surface area contributed by atoms with Crippen molar-refractivity contribution in [2.75, 3.05) is 56.0 Å². The van der Waals surface area contributed by atoms with Crippen molar-refractivity contribution in [3.05, 3.63) is 30.0 Å². The summed E-state index contributed by atoms with van der Waals surface area (Å²) in [4.78, 5) is 41.3. The van der Waals surface area contributed by atoms with Crippen molar-refractivity contribution in [2.45, 2.75) is 51.1 Å². The zero-order chi connectivity index (χ0) is 26.1. The number of carbonyl (C=O) groups excluding carboxylic acids is 2. The topological polar surface area (TPSA) is 103 Å². The van der Waals surface area contributed by atoms with E-state index in [2.05, 4.69) is 25.4 Å². The molecule has 2 N–H and O–H groups in total. The SMILES string of the molecule is COc1cc(C(=O)NC2CN(C)C2)ccc1Nc1ncc2c(n1)N(C1CCCCC1)CC(C)C(=O)N2C. The molecule has 3 aliphatic rings. The Hall–Kier alpha value is -3.40. The smallest absolute Gasteiger partial charge is 0.251 e. The zero-order valence-electron chi connectivity index (χ0n) is 22.2. The highest BCUT2D eigenvalue weighted by Crippen LogP contribution is 2.37. The molecule has 2 aliphatic heterocycles. The van der Waals surface area contributed by atoms with Gasteiger partial charge in [0.2, 0.25) is 11.9 Å². The maximum Gasteiger partial charge on any atom is 0.251 e. The van der Waals surface area contributed by atoms with Gasteiger partial charge in [-0.2, -0.15) is 4.98 Å². The number of benzene rings is 1. The van der Waals surface area contributed by atoms with Crippen molar-refractivity contribution >= 4 is 35.0 Å². The number of anilines is 4. The Labute approximate surface area is 218 Å². The third kappa shape index (κ3) is 5.20. The molecule has 37 heavy (non-hydrogen) atoms. The van der Waals surface area contributed by atoms with Gasteiger partial charge >= 0.3 is 0 Å². The minimum absolute atomic E-state index is 0.0768. The first-order valence-corrected chi connectivity index (χ1v) is 13.2. The first-order chi connectivity index (χ1) is 17.8. The number of carbonyl (C=O) groups is 2. The molecule has 10 nitrogen and oxygen atoms in total. The van der Waals surface area contributed by atoms with E-state index in [0.717, 1.165) is 37.4 Å². The highest BCUT2D eigenvalue weighted by Gasteiger charge is 2.34. The Morgan fingerprint density at radius 2 is 1.86 bits per heavy atom. The molecule has 3 heterocycles. The van der Waals surface area contributed by atoms with Crippen molar-refractivity contribution < 1.29 is 14.3 Å². The van der Waals surface area contributed by atoms with Crippen molar-refractivity contribution in [2.24, 2.45) is 5.92 Å². The molecule has 5 rings (SSSR count). The highest BCUT2D eigenvalue weighted by molar-refractivity contribution is 5.99. The van der Waals surface area contributed by atoms with E-state index in [1.807, 2.05) is 20.0 Å². The molecule has 1 aromatic carbocycles. The summed E-state index contributed by atoms with van der Waals surface area (Å²) >= 11 is 0. The van der Waals surface area contributed by atoms with Crippen LogP contribution in [0.3, 0.4) is 0 Å². The van der Waals surface area contributed by atoms with E-state index in [9.17, 15) is 9.59 Å². The van der Waals surface area contributed by atoms with Crippen LogP contribution in [0.2, 0.25) is 0 Å². The van der Waals surface area contributed by atoms with Crippen LogP contribution >= 0.6 is 0 Å². The summed E-state index contributed by atoms with van der Waals surface area (Å²) in [6, 6.07) is 5.85. The van der Waals surface area contributed by atoms with Crippen LogP contribution in [0.25, 0.3) is 0 Å². The third-order valence-corrected chi connectivity index (χ3v) is 7.73. The largest absolute Gasteiger partial charge is 0.495 e. The molecular formula is C27H37N7O3. The average molecular weight is 508 g/mol. The van der Waals surface area contributed by atoms with E-state index in [-0.39, 0.29) is 23.8 Å². The lowest BCUT2D eigenvalue weighted by molar-refractivity contribution is -0.121. The van der Waals surface area contributed by atoms with Crippen LogP contribution < -0.4 is 25.2 Å². The van der Waals surface area contributed by atoms with Gasteiger partial charge in [-0.3, -0.25) is 9.59 Å². The zero-order valence-corrected chi connectivity index (χ0v) is 22.2. The Morgan fingerprint density at radius 1 is 1.11 bits per heavy atom. The van der Waals surface area contributed by atoms with Crippen LogP contribution in [0, 0.1) is 5.92 Å². The van der Waals surface area contributed by atoms with Gasteiger partial charge < -0.3 is 30.1 Å². The molecule has 0 radical (unpaired) electrons. The third-order valence-electron chi connectivity index (χ3n) is 7.73. The maximum atomic E-state index is 13.0. The molecule has 0 bridgehead atoms. The summed E-state index contributed by atoms with van der Waals surface area (Å²) in [5, 5.41) is 6.33. The van der Waals surface area contributed by atoms with Gasteiger partial charge in [0.15, 0.2) is 5.82 Å². The quantitative estimate of drug-likeness (QED) is 0.615. The van der Waals surface area contributed by atoms with Gasteiger partial charge in [-0.05, 0) is 38.1 Å². The standard InChI is InChI=1S/C27H37N7O3/c1-17-14-34(20-8-6-5-7-9-20)24-22(33(3)26(17)36)13-28-27(31-24)30-21-11-10-18(12-23(21)37-4)25(35)29-19-15-32(2)16-19/h10-13,17,19-20H,5-9,14-16H2,1-4H3,(H,29,35)(H,28,30,31). The molecule has 0 spiro atoms. The maximum absolute atomic E-state index is 13.0. The molecule has 1 aliphatic carbocycles. The van der Waals surface area contributed by atoms with Crippen molar-refractivity contribution in [3.8, 4) is 5.75 Å². The molecule has 2 aromatic rings. The van der Waals surface area contributed by atoms with Gasteiger partial charge in [0.25, 0.3) is 5.91 Å². The molecule has 2 amide bonds. The number of fused-ring (bicyclic) bond motifs is 1. The predicted molar refractivity (Wildman–Crippen MR) is 144 cm³/mol. The van der Waals surface area contributed by atoms with E-state index in [0.29, 0.717) is 35.5 Å². The van der Waals surface area contributed by atoms with Crippen molar-refractivity contribution in [1.82, 2.24) is 20.2 Å². The van der Waals surface area contributed by atoms with Gasteiger partial charge in [0, 0.05) is 38.3 Å². The van der Waals surface area contributed by atoms with E-state index in [1.165, 1.54) is 19.3 Å². The van der Waals surface area contributed by atoms with Crippen LogP contribution in [0.15, 0.2) is 24.4 Å². The number of nitrogens with one attached hydrogen (secondary N) is 2. The number of likely N-dealkylation sites (N-methyl/N-ethyl adjacent to an activating group) is 1. The Balaban J connectivity index is 1.40. The molecule has 1 saturated heterocycles. The van der Waals surface area contributed by atoms with Gasteiger partial charge in [0.1, 0.15) is 11.4 Å². The van der Waals surface area contributed by atoms with E-state index in [4.69, 9.17) is 9.72 Å². The molecule has 198 valence electrons. The van der Waals surface area contributed by atoms with Gasteiger partial charge in [0.05, 0.1) is 31.0 Å². The molecule has 1 unspecified atom stereocenters. The lowest BCUT2D eigenvalue weighted by Gasteiger charge is -2.36. The van der Waals surface area contributed by atoms with Crippen LogP contribution in [-0.2, 0) is 4.79 Å². The van der Waals surface area contributed by atoms with Crippen molar-refractivity contribution in [1.29, 1.82) is 0 Å². The fraction of sp³-hybridized carbons (Fsp3) is 0.556. The first kappa shape index (κ1) is 25.3. The summed E-state index contributed by atoms with van der Waals surface area (Å²) in [6.45, 7) is 4.34. The number of nitrogens with zero attached hydrogens (tertiary/aromatic N) is 5. The second-order valence-electron chi connectivity index (χ2n) is 10.6. The number of aromatic nitrogens is 2. The fourth-order valence-electron chi connectivity index (χ4n) is 5.61. The number of methoxy groups -OCH3 is 1. The fourth-order valence-corrected chi connectivity index (χ4v) is 5.61. The van der Waals surface area contributed by atoms with E-state index in [1.54, 1.807) is 37.4 Å². The second kappa shape index (κ2) is 10.5. The van der Waals surface area contributed by atoms with Crippen LogP contribution in [0.1, 0.15) is 49.4 Å². The number of hydrogen-bond acceptors (Lipinski definition) is 8. The Kier molecular flexibility index (Phi) is 7.19. The van der Waals surface area contributed by atoms with Gasteiger partial charge in [-0.25, -0.2) is 4.98 Å². The number of rotatable bonds is 6. The van der Waals surface area contributed by atoms with Crippen LogP contribution in [0.5, 0.6) is 5.75 Å². The number of amides is 2. The Morgan fingerprint density at radius 3 is 2.57 bits per heavy atom. The predicted octanol–water partition coefficient (Wildman–Crippen LogP) is 3.02. The monoisotopic (exact) mass is 507 g/mol. The van der Waals surface area contributed by atoms with Crippen LogP contribution in [-0.4, -0.2) is 79.6 Å². The summed E-state index contributed by atoms with van der Waals surface area (Å²) < 4.78 is 5.60. The van der Waals surface area contributed by atoms with Gasteiger partial charge in [-0.1, -0.05) is 26.2 Å². The highest BCUT2D eigenvalue weighted by atomic mass is 16.5. The summed E-state index contributed by atoms with van der Waals surface area (Å²) in [5.74, 6) is 1.56. The summed E-state index contributed by atoms with van der Waals surface area (Å²) in [6.07, 6.45) is 7.57. The minimum Gasteiger partial charge on any atom is -0.495 e. The lowest BCUT2D eigenvalue weighted by Crippen LogP contribution is -2.57. The summed E-state index contributed by atoms with van der Waals surface area (Å²) in [7, 11) is 5.40. The number of likely N-dealkylation sites (tertiary alicyclic amines) is 1. The van der Waals surface area contributed by atoms with E-state index < -0.39 is 0 Å². The Bertz CT molecular complexity index is 1160. The second-order valence-corrected chi connectivity index (χ2v) is 10.6. The molecule has 1 atom stereocenters. The minimum atomic E-state index is -0.128. The molecule has 10 heteroatoms. The number of ether oxygens (including phenoxy) is 1. The molecule has 1 saturated carbocycles. The average Bonchev–Trinajstić information content (AvgIpc) is 2.98. The normalized spacial score (nSPS) is 21.2. The molecule has 1 aromatic heterocycles.